The van der Waals surface area contributed by atoms with Crippen LogP contribution in [-0.2, 0) is 21.4 Å². The summed E-state index contributed by atoms with van der Waals surface area (Å²) in [4.78, 5) is 16.9. The molecule has 2 aliphatic rings. The Balaban J connectivity index is 1.37. The van der Waals surface area contributed by atoms with Gasteiger partial charge in [0.2, 0.25) is 15.9 Å². The highest BCUT2D eigenvalue weighted by Gasteiger charge is 2.34. The molecule has 1 aliphatic heterocycles. The van der Waals surface area contributed by atoms with Crippen LogP contribution in [0.3, 0.4) is 0 Å². The molecule has 162 valence electrons. The van der Waals surface area contributed by atoms with Gasteiger partial charge >= 0.3 is 0 Å². The first-order valence-corrected chi connectivity index (χ1v) is 12.0. The van der Waals surface area contributed by atoms with Crippen molar-refractivity contribution in [3.8, 4) is 6.07 Å². The maximum absolute atomic E-state index is 13.0. The number of hydrogen-bond donors (Lipinski definition) is 0. The summed E-state index contributed by atoms with van der Waals surface area (Å²) in [5.41, 5.74) is 1.33. The number of nitrogens with zero attached hydrogens (tertiary/aromatic N) is 4. The minimum absolute atomic E-state index is 0.0278. The topological polar surface area (TPSA) is 84.7 Å². The Labute approximate surface area is 183 Å². The van der Waals surface area contributed by atoms with E-state index in [0.717, 1.165) is 19.4 Å². The molecule has 2 fully saturated rings. The standard InChI is InChI=1S/C23H26N4O3S/c24-16-20-8-4-5-9-22(20)31(29,30)27-14-12-25(13-15-27)23(28)18-26(21-10-11-21)17-19-6-2-1-3-7-19/h1-9,21H,10-15,17-18H2. The van der Waals surface area contributed by atoms with Gasteiger partial charge in [-0.1, -0.05) is 42.5 Å². The Morgan fingerprint density at radius 1 is 1.00 bits per heavy atom. The number of carbonyl (C=O) groups excluding carboxylic acids is 1. The molecule has 4 rings (SSSR count). The van der Waals surface area contributed by atoms with Gasteiger partial charge in [0, 0.05) is 38.8 Å². The van der Waals surface area contributed by atoms with E-state index in [0.29, 0.717) is 25.7 Å². The van der Waals surface area contributed by atoms with Gasteiger partial charge in [-0.25, -0.2) is 8.42 Å². The third-order valence-electron chi connectivity index (χ3n) is 5.85. The monoisotopic (exact) mass is 438 g/mol. The maximum atomic E-state index is 13.0. The fourth-order valence-electron chi connectivity index (χ4n) is 3.95. The predicted molar refractivity (Wildman–Crippen MR) is 116 cm³/mol. The summed E-state index contributed by atoms with van der Waals surface area (Å²) in [6.45, 7) is 2.28. The van der Waals surface area contributed by atoms with E-state index in [1.165, 1.54) is 22.0 Å². The van der Waals surface area contributed by atoms with E-state index in [2.05, 4.69) is 17.0 Å². The number of hydrogen-bond acceptors (Lipinski definition) is 5. The smallest absolute Gasteiger partial charge is 0.244 e. The van der Waals surface area contributed by atoms with Crippen molar-refractivity contribution in [1.29, 1.82) is 5.26 Å². The van der Waals surface area contributed by atoms with Crippen LogP contribution in [-0.4, -0.2) is 67.2 Å². The number of carbonyl (C=O) groups is 1. The summed E-state index contributed by atoms with van der Waals surface area (Å²) >= 11 is 0. The molecule has 0 radical (unpaired) electrons. The Kier molecular flexibility index (Phi) is 6.37. The zero-order chi connectivity index (χ0) is 21.8. The molecule has 0 bridgehead atoms. The normalized spacial score (nSPS) is 17.5. The zero-order valence-electron chi connectivity index (χ0n) is 17.4. The number of rotatable bonds is 7. The lowest BCUT2D eigenvalue weighted by molar-refractivity contribution is -0.133. The van der Waals surface area contributed by atoms with Crippen LogP contribution in [0.2, 0.25) is 0 Å². The van der Waals surface area contributed by atoms with E-state index in [-0.39, 0.29) is 29.5 Å². The third kappa shape index (κ3) is 4.96. The van der Waals surface area contributed by atoms with Gasteiger partial charge in [-0.2, -0.15) is 9.57 Å². The molecular weight excluding hydrogens is 412 g/mol. The molecule has 0 N–H and O–H groups in total. The van der Waals surface area contributed by atoms with Crippen molar-refractivity contribution in [3.63, 3.8) is 0 Å². The second kappa shape index (κ2) is 9.18. The summed E-state index contributed by atoms with van der Waals surface area (Å²) in [5, 5.41) is 9.24. The summed E-state index contributed by atoms with van der Waals surface area (Å²) < 4.78 is 27.3. The van der Waals surface area contributed by atoms with Crippen LogP contribution in [0, 0.1) is 11.3 Å². The summed E-state index contributed by atoms with van der Waals surface area (Å²) in [6, 6.07) is 18.8. The number of piperazine rings is 1. The fourth-order valence-corrected chi connectivity index (χ4v) is 5.51. The van der Waals surface area contributed by atoms with E-state index in [4.69, 9.17) is 0 Å². The van der Waals surface area contributed by atoms with Crippen LogP contribution in [0.4, 0.5) is 0 Å². The molecule has 0 unspecified atom stereocenters. The highest BCUT2D eigenvalue weighted by molar-refractivity contribution is 7.89. The highest BCUT2D eigenvalue weighted by atomic mass is 32.2. The summed E-state index contributed by atoms with van der Waals surface area (Å²) in [5.74, 6) is 0.0392. The predicted octanol–water partition coefficient (Wildman–Crippen LogP) is 2.06. The summed E-state index contributed by atoms with van der Waals surface area (Å²) in [7, 11) is -3.76. The zero-order valence-corrected chi connectivity index (χ0v) is 18.2. The second-order valence-corrected chi connectivity index (χ2v) is 9.92. The van der Waals surface area contributed by atoms with Crippen molar-refractivity contribution in [1.82, 2.24) is 14.1 Å². The number of nitriles is 1. The largest absolute Gasteiger partial charge is 0.339 e. The first kappa shape index (κ1) is 21.5. The summed E-state index contributed by atoms with van der Waals surface area (Å²) in [6.07, 6.45) is 2.23. The van der Waals surface area contributed by atoms with E-state index >= 15 is 0 Å². The van der Waals surface area contributed by atoms with Crippen molar-refractivity contribution in [2.75, 3.05) is 32.7 Å². The van der Waals surface area contributed by atoms with Crippen molar-refractivity contribution >= 4 is 15.9 Å². The van der Waals surface area contributed by atoms with Gasteiger partial charge in [0.05, 0.1) is 17.0 Å². The van der Waals surface area contributed by atoms with Crippen LogP contribution >= 0.6 is 0 Å². The molecule has 1 saturated heterocycles. The van der Waals surface area contributed by atoms with E-state index in [1.807, 2.05) is 24.3 Å². The van der Waals surface area contributed by atoms with Crippen LogP contribution < -0.4 is 0 Å². The number of benzene rings is 2. The van der Waals surface area contributed by atoms with Crippen LogP contribution in [0.1, 0.15) is 24.0 Å². The molecule has 1 aliphatic carbocycles. The lowest BCUT2D eigenvalue weighted by Gasteiger charge is -2.35. The molecule has 0 spiro atoms. The molecule has 8 heteroatoms. The highest BCUT2D eigenvalue weighted by Crippen LogP contribution is 2.28. The number of sulfonamides is 1. The Morgan fingerprint density at radius 2 is 1.65 bits per heavy atom. The first-order valence-electron chi connectivity index (χ1n) is 10.5. The van der Waals surface area contributed by atoms with Crippen molar-refractivity contribution in [3.05, 3.63) is 65.7 Å². The molecule has 1 saturated carbocycles. The average Bonchev–Trinajstić information content (AvgIpc) is 3.65. The number of amides is 1. The van der Waals surface area contributed by atoms with Crippen molar-refractivity contribution in [2.45, 2.75) is 30.3 Å². The van der Waals surface area contributed by atoms with E-state index in [9.17, 15) is 18.5 Å². The van der Waals surface area contributed by atoms with Gasteiger partial charge in [-0.05, 0) is 30.5 Å². The second-order valence-electron chi connectivity index (χ2n) is 8.01. The van der Waals surface area contributed by atoms with Crippen molar-refractivity contribution < 1.29 is 13.2 Å². The lowest BCUT2D eigenvalue weighted by Crippen LogP contribution is -2.52. The maximum Gasteiger partial charge on any atom is 0.244 e. The van der Waals surface area contributed by atoms with Gasteiger partial charge < -0.3 is 4.90 Å². The third-order valence-corrected chi connectivity index (χ3v) is 7.80. The molecular formula is C23H26N4O3S. The molecule has 1 heterocycles. The Morgan fingerprint density at radius 3 is 2.29 bits per heavy atom. The van der Waals surface area contributed by atoms with Gasteiger partial charge in [-0.15, -0.1) is 0 Å². The SMILES string of the molecule is N#Cc1ccccc1S(=O)(=O)N1CCN(C(=O)CN(Cc2ccccc2)C2CC2)CC1. The quantitative estimate of drug-likeness (QED) is 0.661. The van der Waals surface area contributed by atoms with Gasteiger partial charge in [0.25, 0.3) is 0 Å². The Hall–Kier alpha value is -2.73. The van der Waals surface area contributed by atoms with Gasteiger partial charge in [0.15, 0.2) is 0 Å². The minimum Gasteiger partial charge on any atom is -0.339 e. The molecule has 1 amide bonds. The van der Waals surface area contributed by atoms with E-state index in [1.54, 1.807) is 17.0 Å². The molecule has 2 aromatic rings. The molecule has 0 atom stereocenters. The van der Waals surface area contributed by atoms with Crippen LogP contribution in [0.15, 0.2) is 59.5 Å². The van der Waals surface area contributed by atoms with E-state index < -0.39 is 10.0 Å². The lowest BCUT2D eigenvalue weighted by atomic mass is 10.2. The molecule has 2 aromatic carbocycles. The molecule has 31 heavy (non-hydrogen) atoms. The minimum atomic E-state index is -3.76. The van der Waals surface area contributed by atoms with Crippen LogP contribution in [0.5, 0.6) is 0 Å². The first-order chi connectivity index (χ1) is 15.0. The van der Waals surface area contributed by atoms with Crippen molar-refractivity contribution in [2.24, 2.45) is 0 Å². The fraction of sp³-hybridized carbons (Fsp3) is 0.391. The van der Waals surface area contributed by atoms with Crippen LogP contribution in [0.25, 0.3) is 0 Å². The molecule has 7 nitrogen and oxygen atoms in total. The Bertz CT molecular complexity index is 1070. The van der Waals surface area contributed by atoms with Gasteiger partial charge in [0.1, 0.15) is 6.07 Å². The molecule has 0 aromatic heterocycles. The average molecular weight is 439 g/mol. The van der Waals surface area contributed by atoms with Gasteiger partial charge in [-0.3, -0.25) is 9.69 Å².